The van der Waals surface area contributed by atoms with Gasteiger partial charge in [0.25, 0.3) is 0 Å². The number of imidazole rings is 1. The summed E-state index contributed by atoms with van der Waals surface area (Å²) in [4.78, 5) is 4.52. The highest BCUT2D eigenvalue weighted by atomic mass is 35.5. The first-order valence-corrected chi connectivity index (χ1v) is 8.49. The van der Waals surface area contributed by atoms with E-state index in [0.717, 1.165) is 30.1 Å². The lowest BCUT2D eigenvalue weighted by molar-refractivity contribution is 0.270. The van der Waals surface area contributed by atoms with Crippen molar-refractivity contribution >= 4 is 22.6 Å². The summed E-state index contributed by atoms with van der Waals surface area (Å²) in [5, 5.41) is 0. The van der Waals surface area contributed by atoms with Crippen molar-refractivity contribution in [3.05, 3.63) is 29.8 Å². The molecule has 0 atom stereocenters. The smallest absolute Gasteiger partial charge is 0.151 e. The maximum Gasteiger partial charge on any atom is 0.151 e. The molecule has 114 valence electrons. The van der Waals surface area contributed by atoms with E-state index in [2.05, 4.69) is 16.5 Å². The zero-order chi connectivity index (χ0) is 14.8. The topological polar surface area (TPSA) is 17.8 Å². The molecule has 0 spiro atoms. The predicted octanol–water partition coefficient (Wildman–Crippen LogP) is 5.10. The summed E-state index contributed by atoms with van der Waals surface area (Å²) in [5.41, 5.74) is 1.42. The van der Waals surface area contributed by atoms with Crippen LogP contribution in [0.25, 0.3) is 11.0 Å². The van der Waals surface area contributed by atoms with Gasteiger partial charge in [0.05, 0.1) is 5.52 Å². The maximum atomic E-state index is 14.0. The molecule has 2 aromatic rings. The Morgan fingerprint density at radius 2 is 2.05 bits per heavy atom. The lowest BCUT2D eigenvalue weighted by Crippen LogP contribution is -2.19. The molecule has 0 radical (unpaired) electrons. The number of nitrogens with zero attached hydrogens (tertiary/aromatic N) is 2. The Balaban J connectivity index is 2.00. The van der Waals surface area contributed by atoms with Gasteiger partial charge in [0.15, 0.2) is 5.82 Å². The molecule has 1 saturated carbocycles. The van der Waals surface area contributed by atoms with Crippen LogP contribution in [0.1, 0.15) is 50.9 Å². The van der Waals surface area contributed by atoms with Crippen LogP contribution in [0.15, 0.2) is 18.2 Å². The molecule has 1 aliphatic carbocycles. The molecule has 1 aliphatic rings. The summed E-state index contributed by atoms with van der Waals surface area (Å²) >= 11 is 5.91. The van der Waals surface area contributed by atoms with Crippen LogP contribution in [-0.2, 0) is 6.42 Å². The summed E-state index contributed by atoms with van der Waals surface area (Å²) in [7, 11) is 0. The van der Waals surface area contributed by atoms with Crippen molar-refractivity contribution in [1.82, 2.24) is 9.55 Å². The van der Waals surface area contributed by atoms with E-state index < -0.39 is 0 Å². The van der Waals surface area contributed by atoms with E-state index in [9.17, 15) is 4.39 Å². The van der Waals surface area contributed by atoms with E-state index >= 15 is 0 Å². The Morgan fingerprint density at radius 3 is 2.71 bits per heavy atom. The summed E-state index contributed by atoms with van der Waals surface area (Å²) in [6.45, 7) is 2.27. The molecule has 0 N–H and O–H groups in total. The zero-order valence-corrected chi connectivity index (χ0v) is 13.2. The van der Waals surface area contributed by atoms with Gasteiger partial charge in [0, 0.05) is 18.3 Å². The van der Waals surface area contributed by atoms with E-state index in [4.69, 9.17) is 11.6 Å². The molecule has 1 heterocycles. The van der Waals surface area contributed by atoms with Crippen molar-refractivity contribution < 1.29 is 4.39 Å². The Bertz CT molecular complexity index is 615. The van der Waals surface area contributed by atoms with Crippen molar-refractivity contribution in [3.63, 3.8) is 0 Å². The zero-order valence-electron chi connectivity index (χ0n) is 12.5. The van der Waals surface area contributed by atoms with Crippen LogP contribution >= 0.6 is 11.6 Å². The Morgan fingerprint density at radius 1 is 1.29 bits per heavy atom. The van der Waals surface area contributed by atoms with Gasteiger partial charge in [-0.25, -0.2) is 9.37 Å². The molecular weight excluding hydrogens is 287 g/mol. The Hall–Kier alpha value is -1.09. The van der Waals surface area contributed by atoms with Crippen molar-refractivity contribution in [3.8, 4) is 0 Å². The van der Waals surface area contributed by atoms with Crippen LogP contribution in [0.2, 0.25) is 0 Å². The molecule has 21 heavy (non-hydrogen) atoms. The number of fused-ring (bicyclic) bond motifs is 1. The van der Waals surface area contributed by atoms with Crippen molar-refractivity contribution in [2.24, 2.45) is 5.92 Å². The monoisotopic (exact) mass is 308 g/mol. The molecule has 1 aromatic carbocycles. The number of hydrogen-bond donors (Lipinski definition) is 0. The standard InChI is InChI=1S/C17H22ClFN2/c1-2-12-6-8-13(9-7-12)21-15-5-3-4-14(19)17(15)20-16(21)10-11-18/h3-5,12-13H,2,6-11H2,1H3. The van der Waals surface area contributed by atoms with Gasteiger partial charge in [0.2, 0.25) is 0 Å². The quantitative estimate of drug-likeness (QED) is 0.719. The number of para-hydroxylation sites is 1. The number of rotatable bonds is 4. The highest BCUT2D eigenvalue weighted by Crippen LogP contribution is 2.36. The van der Waals surface area contributed by atoms with Gasteiger partial charge >= 0.3 is 0 Å². The summed E-state index contributed by atoms with van der Waals surface area (Å²) in [6.07, 6.45) is 6.81. The molecule has 4 heteroatoms. The normalized spacial score (nSPS) is 22.8. The van der Waals surface area contributed by atoms with Crippen LogP contribution < -0.4 is 0 Å². The van der Waals surface area contributed by atoms with Gasteiger partial charge in [-0.15, -0.1) is 11.6 Å². The highest BCUT2D eigenvalue weighted by molar-refractivity contribution is 6.17. The second-order valence-electron chi connectivity index (χ2n) is 6.03. The number of aromatic nitrogens is 2. The van der Waals surface area contributed by atoms with Gasteiger partial charge in [-0.2, -0.15) is 0 Å². The summed E-state index contributed by atoms with van der Waals surface area (Å²) in [6, 6.07) is 5.68. The molecule has 0 aliphatic heterocycles. The molecule has 1 fully saturated rings. The molecule has 1 aromatic heterocycles. The van der Waals surface area contributed by atoms with Gasteiger partial charge in [-0.1, -0.05) is 19.4 Å². The van der Waals surface area contributed by atoms with Gasteiger partial charge in [-0.3, -0.25) is 0 Å². The van der Waals surface area contributed by atoms with Crippen molar-refractivity contribution in [1.29, 1.82) is 0 Å². The largest absolute Gasteiger partial charge is 0.325 e. The third-order valence-electron chi connectivity index (χ3n) is 4.82. The molecule has 2 nitrogen and oxygen atoms in total. The maximum absolute atomic E-state index is 14.0. The number of hydrogen-bond acceptors (Lipinski definition) is 1. The first kappa shape index (κ1) is 14.8. The lowest BCUT2D eigenvalue weighted by Gasteiger charge is -2.30. The fourth-order valence-corrected chi connectivity index (χ4v) is 3.78. The van der Waals surface area contributed by atoms with E-state index in [1.807, 2.05) is 6.07 Å². The van der Waals surface area contributed by atoms with E-state index in [1.54, 1.807) is 6.07 Å². The first-order valence-electron chi connectivity index (χ1n) is 7.95. The van der Waals surface area contributed by atoms with E-state index in [0.29, 0.717) is 23.9 Å². The Kier molecular flexibility index (Phi) is 4.48. The molecular formula is C17H22ClFN2. The summed E-state index contributed by atoms with van der Waals surface area (Å²) < 4.78 is 16.3. The number of aryl methyl sites for hydroxylation is 1. The predicted molar refractivity (Wildman–Crippen MR) is 85.4 cm³/mol. The number of benzene rings is 1. The van der Waals surface area contributed by atoms with Crippen molar-refractivity contribution in [2.45, 2.75) is 51.5 Å². The van der Waals surface area contributed by atoms with Crippen LogP contribution in [0.4, 0.5) is 4.39 Å². The minimum absolute atomic E-state index is 0.232. The van der Waals surface area contributed by atoms with Crippen molar-refractivity contribution in [2.75, 3.05) is 5.88 Å². The Labute approximate surface area is 130 Å². The molecule has 0 unspecified atom stereocenters. The van der Waals surface area contributed by atoms with Gasteiger partial charge < -0.3 is 4.57 Å². The molecule has 0 saturated heterocycles. The SMILES string of the molecule is CCC1CCC(n2c(CCCl)nc3c(F)cccc32)CC1. The first-order chi connectivity index (χ1) is 10.2. The third-order valence-corrected chi connectivity index (χ3v) is 5.01. The minimum Gasteiger partial charge on any atom is -0.325 e. The van der Waals surface area contributed by atoms with Crippen LogP contribution in [0, 0.1) is 11.7 Å². The van der Waals surface area contributed by atoms with Crippen LogP contribution in [-0.4, -0.2) is 15.4 Å². The number of alkyl halides is 1. The average molecular weight is 309 g/mol. The van der Waals surface area contributed by atoms with Crippen LogP contribution in [0.5, 0.6) is 0 Å². The molecule has 0 bridgehead atoms. The van der Waals surface area contributed by atoms with Gasteiger partial charge in [0.1, 0.15) is 11.3 Å². The van der Waals surface area contributed by atoms with Crippen LogP contribution in [0.3, 0.4) is 0 Å². The second-order valence-corrected chi connectivity index (χ2v) is 6.41. The molecule has 3 rings (SSSR count). The fourth-order valence-electron chi connectivity index (χ4n) is 3.61. The lowest BCUT2D eigenvalue weighted by atomic mass is 9.84. The highest BCUT2D eigenvalue weighted by Gasteiger charge is 2.25. The number of halogens is 2. The van der Waals surface area contributed by atoms with E-state index in [-0.39, 0.29) is 5.82 Å². The third kappa shape index (κ3) is 2.80. The second kappa shape index (κ2) is 6.35. The van der Waals surface area contributed by atoms with E-state index in [1.165, 1.54) is 25.3 Å². The average Bonchev–Trinajstić information content (AvgIpc) is 2.87. The fraction of sp³-hybridized carbons (Fsp3) is 0.588. The molecule has 0 amide bonds. The minimum atomic E-state index is -0.232. The summed E-state index contributed by atoms with van der Waals surface area (Å²) in [5.74, 6) is 2.08. The van der Waals surface area contributed by atoms with Gasteiger partial charge in [-0.05, 0) is 43.7 Å².